The lowest BCUT2D eigenvalue weighted by atomic mass is 9.73. The van der Waals surface area contributed by atoms with Gasteiger partial charge in [0, 0.05) is 18.1 Å². The maximum Gasteiger partial charge on any atom is 0.481 e. The van der Waals surface area contributed by atoms with E-state index >= 15 is 0 Å². The van der Waals surface area contributed by atoms with Crippen molar-refractivity contribution in [2.24, 2.45) is 5.92 Å². The maximum atomic E-state index is 12.6. The van der Waals surface area contributed by atoms with Crippen LogP contribution in [0.1, 0.15) is 44.5 Å². The van der Waals surface area contributed by atoms with Gasteiger partial charge in [-0.3, -0.25) is 9.59 Å². The van der Waals surface area contributed by atoms with Crippen LogP contribution in [0, 0.1) is 5.92 Å². The Morgan fingerprint density at radius 1 is 1.20 bits per heavy atom. The summed E-state index contributed by atoms with van der Waals surface area (Å²) in [7, 11) is -0.568. The first kappa shape index (κ1) is 24.9. The van der Waals surface area contributed by atoms with E-state index in [-0.39, 0.29) is 41.2 Å². The van der Waals surface area contributed by atoms with Crippen molar-refractivity contribution < 1.29 is 18.9 Å². The van der Waals surface area contributed by atoms with Gasteiger partial charge in [0.1, 0.15) is 0 Å². The molecule has 2 unspecified atom stereocenters. The Hall–Kier alpha value is -1.32. The Bertz CT molecular complexity index is 726. The molecular weight excluding hydrogens is 428 g/mol. The third kappa shape index (κ3) is 8.08. The number of halogens is 2. The number of rotatable bonds is 7. The van der Waals surface area contributed by atoms with Crippen molar-refractivity contribution in [3.63, 3.8) is 0 Å². The van der Waals surface area contributed by atoms with Gasteiger partial charge in [-0.25, -0.2) is 0 Å². The van der Waals surface area contributed by atoms with E-state index < -0.39 is 13.0 Å². The molecule has 2 amide bonds. The molecule has 1 aromatic rings. The minimum absolute atomic E-state index is 0.0567. The van der Waals surface area contributed by atoms with Crippen molar-refractivity contribution in [1.29, 1.82) is 0 Å². The number of hydrogen-bond acceptors (Lipinski definition) is 5. The molecule has 2 rings (SSSR count). The van der Waals surface area contributed by atoms with E-state index in [0.29, 0.717) is 30.5 Å². The Morgan fingerprint density at radius 2 is 1.83 bits per heavy atom. The smallest absolute Gasteiger partial charge is 0.406 e. The molecule has 0 spiro atoms. The minimum atomic E-state index is -0.568. The van der Waals surface area contributed by atoms with Gasteiger partial charge in [-0.1, -0.05) is 37.0 Å². The maximum absolute atomic E-state index is 12.6. The van der Waals surface area contributed by atoms with Crippen LogP contribution in [0.4, 0.5) is 0 Å². The fraction of sp³-hybridized carbons (Fsp3) is 0.600. The lowest BCUT2D eigenvalue weighted by Crippen LogP contribution is -2.56. The molecule has 1 aliphatic heterocycles. The van der Waals surface area contributed by atoms with Crippen molar-refractivity contribution >= 4 is 42.1 Å². The fourth-order valence-electron chi connectivity index (χ4n) is 3.20. The van der Waals surface area contributed by atoms with Crippen molar-refractivity contribution in [2.45, 2.75) is 52.3 Å². The monoisotopic (exact) mass is 457 g/mol. The summed E-state index contributed by atoms with van der Waals surface area (Å²) in [4.78, 5) is 24.9. The molecule has 7 nitrogen and oxygen atoms in total. The van der Waals surface area contributed by atoms with Gasteiger partial charge in [-0.2, -0.15) is 0 Å². The summed E-state index contributed by atoms with van der Waals surface area (Å²) in [6.07, 6.45) is 0.564. The molecule has 3 N–H and O–H groups in total. The minimum Gasteiger partial charge on any atom is -0.406 e. The first-order valence-corrected chi connectivity index (χ1v) is 11.0. The standard InChI is InChI=1S/C20H30BCl2N3O4/c1-12(2)7-18(21-29-13(3)9-24-10-14(4)30-21)26-19(27)11-25-20(28)16-8-15(22)5-6-17(16)23/h5-6,8,12-14,18,24H,7,9-11H2,1-4H3,(H,25,28)(H,26,27)/t13-,14?,18?/m1/s1. The van der Waals surface area contributed by atoms with Crippen LogP contribution in [0.25, 0.3) is 0 Å². The molecule has 1 fully saturated rings. The zero-order valence-electron chi connectivity index (χ0n) is 17.8. The third-order valence-electron chi connectivity index (χ3n) is 4.58. The Kier molecular flexibility index (Phi) is 9.91. The van der Waals surface area contributed by atoms with Gasteiger partial charge in [0.2, 0.25) is 5.91 Å². The first-order chi connectivity index (χ1) is 14.2. The second-order valence-electron chi connectivity index (χ2n) is 8.03. The SMILES string of the molecule is CC(C)CC(NC(=O)CNC(=O)c1cc(Cl)ccc1Cl)B1OC(C)CNC[C@@H](C)O1. The van der Waals surface area contributed by atoms with E-state index in [4.69, 9.17) is 32.5 Å². The highest BCUT2D eigenvalue weighted by atomic mass is 35.5. The van der Waals surface area contributed by atoms with E-state index in [9.17, 15) is 9.59 Å². The lowest BCUT2D eigenvalue weighted by Gasteiger charge is -2.32. The van der Waals surface area contributed by atoms with E-state index in [0.717, 1.165) is 0 Å². The molecule has 0 bridgehead atoms. The summed E-state index contributed by atoms with van der Waals surface area (Å²) in [6.45, 7) is 9.28. The van der Waals surface area contributed by atoms with Crippen LogP contribution in [0.2, 0.25) is 10.0 Å². The summed E-state index contributed by atoms with van der Waals surface area (Å²) in [5.74, 6) is -0.826. The summed E-state index contributed by atoms with van der Waals surface area (Å²) in [5, 5.41) is 9.48. The van der Waals surface area contributed by atoms with Crippen LogP contribution < -0.4 is 16.0 Å². The fourth-order valence-corrected chi connectivity index (χ4v) is 3.57. The van der Waals surface area contributed by atoms with E-state index in [1.165, 1.54) is 12.1 Å². The van der Waals surface area contributed by atoms with Gasteiger partial charge in [0.25, 0.3) is 5.91 Å². The van der Waals surface area contributed by atoms with Crippen molar-refractivity contribution in [2.75, 3.05) is 19.6 Å². The molecule has 1 aromatic carbocycles. The van der Waals surface area contributed by atoms with Gasteiger partial charge in [0.05, 0.1) is 35.3 Å². The van der Waals surface area contributed by atoms with Gasteiger partial charge < -0.3 is 25.3 Å². The predicted molar refractivity (Wildman–Crippen MR) is 120 cm³/mol. The molecule has 0 saturated carbocycles. The van der Waals surface area contributed by atoms with Gasteiger partial charge in [-0.05, 0) is 44.4 Å². The summed E-state index contributed by atoms with van der Waals surface area (Å²) in [5.41, 5.74) is 0.220. The molecule has 0 aliphatic carbocycles. The van der Waals surface area contributed by atoms with Gasteiger partial charge in [-0.15, -0.1) is 0 Å². The van der Waals surface area contributed by atoms with E-state index in [1.54, 1.807) is 6.07 Å². The van der Waals surface area contributed by atoms with Crippen molar-refractivity contribution in [1.82, 2.24) is 16.0 Å². The molecule has 1 saturated heterocycles. The topological polar surface area (TPSA) is 88.7 Å². The molecule has 0 aromatic heterocycles. The summed E-state index contributed by atoms with van der Waals surface area (Å²) < 4.78 is 12.1. The number of hydrogen-bond donors (Lipinski definition) is 3. The number of nitrogens with one attached hydrogen (secondary N) is 3. The average Bonchev–Trinajstić information content (AvgIpc) is 2.65. The van der Waals surface area contributed by atoms with Gasteiger partial charge in [0.15, 0.2) is 0 Å². The quantitative estimate of drug-likeness (QED) is 0.547. The number of amides is 2. The molecule has 0 radical (unpaired) electrons. The summed E-state index contributed by atoms with van der Waals surface area (Å²) in [6, 6.07) is 4.60. The number of carbonyl (C=O) groups is 2. The van der Waals surface area contributed by atoms with Crippen LogP contribution in [0.3, 0.4) is 0 Å². The normalized spacial score (nSPS) is 21.0. The molecular formula is C20H30BCl2N3O4. The second kappa shape index (κ2) is 11.9. The van der Waals surface area contributed by atoms with Crippen LogP contribution >= 0.6 is 23.2 Å². The molecule has 1 aliphatic rings. The Labute approximate surface area is 188 Å². The highest BCUT2D eigenvalue weighted by molar-refractivity contribution is 6.47. The largest absolute Gasteiger partial charge is 0.481 e. The van der Waals surface area contributed by atoms with Crippen LogP contribution in [-0.4, -0.2) is 56.7 Å². The lowest BCUT2D eigenvalue weighted by molar-refractivity contribution is -0.120. The third-order valence-corrected chi connectivity index (χ3v) is 5.14. The van der Waals surface area contributed by atoms with Crippen LogP contribution in [-0.2, 0) is 14.1 Å². The second-order valence-corrected chi connectivity index (χ2v) is 8.87. The predicted octanol–water partition coefficient (Wildman–Crippen LogP) is 2.69. The Morgan fingerprint density at radius 3 is 2.43 bits per heavy atom. The number of benzene rings is 1. The molecule has 166 valence electrons. The van der Waals surface area contributed by atoms with Gasteiger partial charge >= 0.3 is 7.12 Å². The van der Waals surface area contributed by atoms with E-state index in [2.05, 4.69) is 29.8 Å². The molecule has 1 heterocycles. The Balaban J connectivity index is 2.00. The molecule has 30 heavy (non-hydrogen) atoms. The van der Waals surface area contributed by atoms with Crippen molar-refractivity contribution in [3.8, 4) is 0 Å². The summed E-state index contributed by atoms with van der Waals surface area (Å²) >= 11 is 12.0. The van der Waals surface area contributed by atoms with Crippen LogP contribution in [0.15, 0.2) is 18.2 Å². The first-order valence-electron chi connectivity index (χ1n) is 10.2. The van der Waals surface area contributed by atoms with Crippen LogP contribution in [0.5, 0.6) is 0 Å². The van der Waals surface area contributed by atoms with Crippen molar-refractivity contribution in [3.05, 3.63) is 33.8 Å². The highest BCUT2D eigenvalue weighted by Crippen LogP contribution is 2.20. The highest BCUT2D eigenvalue weighted by Gasteiger charge is 2.36. The van der Waals surface area contributed by atoms with E-state index in [1.807, 2.05) is 13.8 Å². The number of carbonyl (C=O) groups excluding carboxylic acids is 2. The molecule has 10 heteroatoms. The average molecular weight is 458 g/mol. The zero-order valence-corrected chi connectivity index (χ0v) is 19.3. The zero-order chi connectivity index (χ0) is 22.3. The molecule has 3 atom stereocenters.